The summed E-state index contributed by atoms with van der Waals surface area (Å²) < 4.78 is 11.4. The average Bonchev–Trinajstić information content (AvgIpc) is 3.29. The summed E-state index contributed by atoms with van der Waals surface area (Å²) in [5.41, 5.74) is 0.136. The number of rotatable bonds is 5. The summed E-state index contributed by atoms with van der Waals surface area (Å²) >= 11 is 12.5. The summed E-state index contributed by atoms with van der Waals surface area (Å²) in [7, 11) is 2.78. The first-order chi connectivity index (χ1) is 16.7. The number of carbonyl (C=O) groups excluding carboxylic acids is 1. The van der Waals surface area contributed by atoms with E-state index in [0.29, 0.717) is 43.4 Å². The Hall–Kier alpha value is -3.27. The van der Waals surface area contributed by atoms with E-state index in [1.54, 1.807) is 49.6 Å². The van der Waals surface area contributed by atoms with Crippen LogP contribution in [0.4, 0.5) is 4.79 Å². The predicted octanol–water partition coefficient (Wildman–Crippen LogP) is 5.18. The maximum Gasteiger partial charge on any atom is 0.343 e. The largest absolute Gasteiger partial charge is 0.497 e. The molecule has 184 valence electrons. The van der Waals surface area contributed by atoms with Gasteiger partial charge >= 0.3 is 12.0 Å². The van der Waals surface area contributed by atoms with Gasteiger partial charge in [-0.05, 0) is 55.3 Å². The van der Waals surface area contributed by atoms with Crippen LogP contribution in [-0.2, 0) is 10.2 Å². The number of oxazole rings is 1. The van der Waals surface area contributed by atoms with Crippen molar-refractivity contribution in [1.29, 1.82) is 0 Å². The van der Waals surface area contributed by atoms with Crippen molar-refractivity contribution >= 4 is 35.2 Å². The highest BCUT2D eigenvalue weighted by Gasteiger charge is 2.49. The van der Waals surface area contributed by atoms with E-state index in [1.807, 2.05) is 0 Å². The van der Waals surface area contributed by atoms with Crippen molar-refractivity contribution in [2.75, 3.05) is 27.2 Å². The van der Waals surface area contributed by atoms with Gasteiger partial charge in [-0.2, -0.15) is 0 Å². The molecule has 0 radical (unpaired) electrons. The van der Waals surface area contributed by atoms with E-state index in [1.165, 1.54) is 11.9 Å². The summed E-state index contributed by atoms with van der Waals surface area (Å²) in [4.78, 5) is 30.7. The Kier molecular flexibility index (Phi) is 6.93. The number of aromatic nitrogens is 1. The van der Waals surface area contributed by atoms with Gasteiger partial charge in [-0.15, -0.1) is 0 Å². The third-order valence-corrected chi connectivity index (χ3v) is 6.70. The second kappa shape index (κ2) is 9.77. The molecule has 0 aliphatic carbocycles. The Labute approximate surface area is 211 Å². The zero-order valence-electron chi connectivity index (χ0n) is 19.0. The molecular formula is C24H23Cl2N3O6. The lowest BCUT2D eigenvalue weighted by Crippen LogP contribution is -2.51. The number of piperidine rings is 1. The second-order valence-corrected chi connectivity index (χ2v) is 9.07. The average molecular weight is 520 g/mol. The van der Waals surface area contributed by atoms with Crippen molar-refractivity contribution in [3.63, 3.8) is 0 Å². The third-order valence-electron chi connectivity index (χ3n) is 6.15. The molecular weight excluding hydrogens is 497 g/mol. The number of hydrogen-bond acceptors (Lipinski definition) is 6. The van der Waals surface area contributed by atoms with E-state index in [9.17, 15) is 19.9 Å². The van der Waals surface area contributed by atoms with E-state index >= 15 is 0 Å². The fraction of sp³-hybridized carbons (Fsp3) is 0.292. The summed E-state index contributed by atoms with van der Waals surface area (Å²) in [5.74, 6) is -0.142. The standard InChI is InChI=1S/C24H23Cl2N3O6/c1-28(33)23(32)29-11-9-24(10-12-29,22(30)31)21-27-19(14-3-6-16(34-2)7-4-14)20(35-21)17-8-5-15(25)13-18(17)26/h3-8,13,33H,9-12H2,1-2H3,(H,30,31). The number of hydroxylamine groups is 2. The lowest BCUT2D eigenvalue weighted by Gasteiger charge is -2.37. The van der Waals surface area contributed by atoms with Gasteiger partial charge in [0.1, 0.15) is 16.9 Å². The molecule has 0 unspecified atom stereocenters. The fourth-order valence-corrected chi connectivity index (χ4v) is 4.62. The molecule has 0 saturated carbocycles. The number of ether oxygens (including phenoxy) is 1. The Morgan fingerprint density at radius 1 is 1.14 bits per heavy atom. The molecule has 0 atom stereocenters. The molecule has 0 bridgehead atoms. The van der Waals surface area contributed by atoms with Crippen molar-refractivity contribution in [3.05, 3.63) is 58.4 Å². The van der Waals surface area contributed by atoms with Crippen LogP contribution in [0.2, 0.25) is 10.0 Å². The molecule has 2 amide bonds. The quantitative estimate of drug-likeness (QED) is 0.352. The number of carbonyl (C=O) groups is 2. The number of halogens is 2. The number of carboxylic acids is 1. The Morgan fingerprint density at radius 2 is 1.80 bits per heavy atom. The number of likely N-dealkylation sites (tertiary alicyclic amines) is 1. The van der Waals surface area contributed by atoms with Crippen LogP contribution in [0.25, 0.3) is 22.6 Å². The van der Waals surface area contributed by atoms with Crippen LogP contribution >= 0.6 is 23.2 Å². The van der Waals surface area contributed by atoms with Gasteiger partial charge in [0.25, 0.3) is 0 Å². The summed E-state index contributed by atoms with van der Waals surface area (Å²) in [6.07, 6.45) is 0.108. The molecule has 2 heterocycles. The molecule has 1 fully saturated rings. The van der Waals surface area contributed by atoms with Crippen LogP contribution in [0, 0.1) is 0 Å². The highest BCUT2D eigenvalue weighted by atomic mass is 35.5. The lowest BCUT2D eigenvalue weighted by atomic mass is 9.78. The Balaban J connectivity index is 1.82. The number of urea groups is 1. The normalized spacial score (nSPS) is 15.1. The van der Waals surface area contributed by atoms with Crippen LogP contribution in [0.5, 0.6) is 5.75 Å². The van der Waals surface area contributed by atoms with Gasteiger partial charge in [0.15, 0.2) is 5.76 Å². The van der Waals surface area contributed by atoms with Crippen molar-refractivity contribution in [3.8, 4) is 28.3 Å². The molecule has 4 rings (SSSR count). The first kappa shape index (κ1) is 24.8. The highest BCUT2D eigenvalue weighted by molar-refractivity contribution is 6.36. The molecule has 11 heteroatoms. The molecule has 1 aliphatic heterocycles. The number of nitrogens with zero attached hydrogens (tertiary/aromatic N) is 3. The minimum Gasteiger partial charge on any atom is -0.497 e. The fourth-order valence-electron chi connectivity index (χ4n) is 4.13. The van der Waals surface area contributed by atoms with E-state index in [4.69, 9.17) is 32.4 Å². The van der Waals surface area contributed by atoms with Gasteiger partial charge < -0.3 is 19.2 Å². The molecule has 35 heavy (non-hydrogen) atoms. The topological polar surface area (TPSA) is 116 Å². The van der Waals surface area contributed by atoms with Gasteiger partial charge in [0.05, 0.1) is 12.1 Å². The Bertz CT molecular complexity index is 1250. The molecule has 3 aromatic rings. The van der Waals surface area contributed by atoms with Crippen LogP contribution in [0.1, 0.15) is 18.7 Å². The number of methoxy groups -OCH3 is 1. The minimum absolute atomic E-state index is 0.0151. The molecule has 1 aliphatic rings. The van der Waals surface area contributed by atoms with E-state index in [0.717, 1.165) is 0 Å². The maximum atomic E-state index is 12.6. The first-order valence-electron chi connectivity index (χ1n) is 10.7. The van der Waals surface area contributed by atoms with Crippen molar-refractivity contribution in [1.82, 2.24) is 14.9 Å². The van der Waals surface area contributed by atoms with E-state index in [2.05, 4.69) is 4.98 Å². The summed E-state index contributed by atoms with van der Waals surface area (Å²) in [6.45, 7) is 0.209. The predicted molar refractivity (Wildman–Crippen MR) is 129 cm³/mol. The number of carboxylic acid groups (broad SMARTS) is 1. The molecule has 2 N–H and O–H groups in total. The number of benzene rings is 2. The van der Waals surface area contributed by atoms with Crippen molar-refractivity contribution in [2.45, 2.75) is 18.3 Å². The van der Waals surface area contributed by atoms with Gasteiger partial charge in [-0.1, -0.05) is 23.2 Å². The molecule has 1 saturated heterocycles. The van der Waals surface area contributed by atoms with Crippen LogP contribution in [0.3, 0.4) is 0 Å². The third kappa shape index (κ3) is 4.67. The lowest BCUT2D eigenvalue weighted by molar-refractivity contribution is -0.147. The summed E-state index contributed by atoms with van der Waals surface area (Å²) in [6, 6.07) is 11.4. The van der Waals surface area contributed by atoms with Crippen molar-refractivity contribution in [2.24, 2.45) is 0 Å². The van der Waals surface area contributed by atoms with Gasteiger partial charge in [0.2, 0.25) is 5.89 Å². The maximum absolute atomic E-state index is 12.6. The first-order valence-corrected chi connectivity index (χ1v) is 11.5. The number of hydrogen-bond donors (Lipinski definition) is 2. The SMILES string of the molecule is COc1ccc(-c2nc(C3(C(=O)O)CCN(C(=O)N(C)O)CC3)oc2-c2ccc(Cl)cc2Cl)cc1. The minimum atomic E-state index is -1.47. The zero-order valence-corrected chi connectivity index (χ0v) is 20.5. The van der Waals surface area contributed by atoms with Gasteiger partial charge in [-0.25, -0.2) is 14.8 Å². The van der Waals surface area contributed by atoms with Crippen molar-refractivity contribution < 1.29 is 29.1 Å². The molecule has 2 aromatic carbocycles. The summed E-state index contributed by atoms with van der Waals surface area (Å²) in [5, 5.41) is 21.0. The Morgan fingerprint density at radius 3 is 2.34 bits per heavy atom. The zero-order chi connectivity index (χ0) is 25.3. The van der Waals surface area contributed by atoms with E-state index in [-0.39, 0.29) is 31.8 Å². The smallest absolute Gasteiger partial charge is 0.343 e. The van der Waals surface area contributed by atoms with Crippen LogP contribution in [-0.4, -0.2) is 64.5 Å². The highest BCUT2D eigenvalue weighted by Crippen LogP contribution is 2.43. The second-order valence-electron chi connectivity index (χ2n) is 8.23. The molecule has 1 aromatic heterocycles. The number of aliphatic carboxylic acids is 1. The van der Waals surface area contributed by atoms with Crippen LogP contribution < -0.4 is 4.74 Å². The number of amides is 2. The monoisotopic (exact) mass is 519 g/mol. The molecule has 9 nitrogen and oxygen atoms in total. The van der Waals surface area contributed by atoms with Gasteiger partial charge in [-0.3, -0.25) is 10.0 Å². The van der Waals surface area contributed by atoms with Gasteiger partial charge in [0, 0.05) is 36.3 Å². The van der Waals surface area contributed by atoms with E-state index < -0.39 is 17.4 Å². The van der Waals surface area contributed by atoms with Crippen LogP contribution in [0.15, 0.2) is 46.9 Å². The molecule has 0 spiro atoms.